The molecule has 1 saturated carbocycles. The highest BCUT2D eigenvalue weighted by molar-refractivity contribution is 5.29. The molecule has 2 aliphatic rings. The molecular formula is C13H17F3N4. The Labute approximate surface area is 115 Å². The maximum Gasteiger partial charge on any atom is 0.395 e. The molecule has 0 atom stereocenters. The third kappa shape index (κ3) is 2.59. The Morgan fingerprint density at radius 1 is 1.05 bits per heavy atom. The molecule has 1 aliphatic carbocycles. The van der Waals surface area contributed by atoms with Crippen molar-refractivity contribution in [3.05, 3.63) is 18.5 Å². The van der Waals surface area contributed by atoms with Crippen LogP contribution in [0.15, 0.2) is 18.5 Å². The van der Waals surface area contributed by atoms with E-state index in [1.165, 1.54) is 0 Å². The van der Waals surface area contributed by atoms with Gasteiger partial charge in [0.05, 0.1) is 5.41 Å². The number of rotatable bonds is 3. The van der Waals surface area contributed by atoms with Crippen molar-refractivity contribution in [2.75, 3.05) is 37.6 Å². The predicted octanol–water partition coefficient (Wildman–Crippen LogP) is 1.94. The summed E-state index contributed by atoms with van der Waals surface area (Å²) in [6.45, 7) is 2.77. The third-order valence-electron chi connectivity index (χ3n) is 4.19. The van der Waals surface area contributed by atoms with Crippen LogP contribution in [0.2, 0.25) is 0 Å². The minimum atomic E-state index is -4.06. The first-order chi connectivity index (χ1) is 9.50. The molecule has 110 valence electrons. The zero-order valence-electron chi connectivity index (χ0n) is 11.1. The molecule has 0 unspecified atom stereocenters. The fourth-order valence-corrected chi connectivity index (χ4v) is 2.67. The number of halogens is 3. The van der Waals surface area contributed by atoms with E-state index >= 15 is 0 Å². The number of alkyl halides is 3. The molecule has 0 spiro atoms. The first kappa shape index (κ1) is 13.6. The molecule has 7 heteroatoms. The number of anilines is 1. The van der Waals surface area contributed by atoms with Gasteiger partial charge in [-0.15, -0.1) is 0 Å². The van der Waals surface area contributed by atoms with Gasteiger partial charge in [-0.1, -0.05) is 0 Å². The highest BCUT2D eigenvalue weighted by atomic mass is 19.4. The first-order valence-corrected chi connectivity index (χ1v) is 6.81. The highest BCUT2D eigenvalue weighted by Gasteiger charge is 2.63. The van der Waals surface area contributed by atoms with E-state index in [1.807, 2.05) is 9.80 Å². The van der Waals surface area contributed by atoms with Crippen LogP contribution in [0.5, 0.6) is 0 Å². The lowest BCUT2D eigenvalue weighted by Crippen LogP contribution is -2.50. The van der Waals surface area contributed by atoms with E-state index in [-0.39, 0.29) is 19.4 Å². The van der Waals surface area contributed by atoms with E-state index in [0.717, 1.165) is 0 Å². The van der Waals surface area contributed by atoms with Crippen LogP contribution in [-0.4, -0.2) is 53.8 Å². The number of nitrogens with zero attached hydrogens (tertiary/aromatic N) is 4. The SMILES string of the molecule is FC(F)(F)C1(CN2CCN(c3ncccn3)CC2)CC1. The molecule has 20 heavy (non-hydrogen) atoms. The molecule has 4 nitrogen and oxygen atoms in total. The van der Waals surface area contributed by atoms with E-state index in [0.29, 0.717) is 32.1 Å². The van der Waals surface area contributed by atoms with Gasteiger partial charge in [-0.25, -0.2) is 9.97 Å². The Kier molecular flexibility index (Phi) is 3.32. The summed E-state index contributed by atoms with van der Waals surface area (Å²) in [5, 5.41) is 0. The molecule has 0 bridgehead atoms. The highest BCUT2D eigenvalue weighted by Crippen LogP contribution is 2.57. The topological polar surface area (TPSA) is 32.3 Å². The minimum absolute atomic E-state index is 0.139. The van der Waals surface area contributed by atoms with E-state index in [2.05, 4.69) is 9.97 Å². The second kappa shape index (κ2) is 4.87. The predicted molar refractivity (Wildman–Crippen MR) is 68.4 cm³/mol. The Balaban J connectivity index is 1.55. The molecule has 2 heterocycles. The Morgan fingerprint density at radius 3 is 2.15 bits per heavy atom. The standard InChI is InChI=1S/C13H17F3N4/c14-13(15,16)12(2-3-12)10-19-6-8-20(9-7-19)11-17-4-1-5-18-11/h1,4-5H,2-3,6-10H2. The second-order valence-corrected chi connectivity index (χ2v) is 5.59. The Bertz CT molecular complexity index is 450. The van der Waals surface area contributed by atoms with E-state index < -0.39 is 11.6 Å². The maximum atomic E-state index is 12.9. The summed E-state index contributed by atoms with van der Waals surface area (Å²) < 4.78 is 38.8. The minimum Gasteiger partial charge on any atom is -0.338 e. The summed E-state index contributed by atoms with van der Waals surface area (Å²) in [7, 11) is 0. The molecule has 0 aromatic carbocycles. The fraction of sp³-hybridized carbons (Fsp3) is 0.692. The lowest BCUT2D eigenvalue weighted by Gasteiger charge is -2.36. The molecule has 1 aromatic rings. The van der Waals surface area contributed by atoms with Gasteiger partial charge in [-0.2, -0.15) is 13.2 Å². The van der Waals surface area contributed by atoms with Crippen molar-refractivity contribution >= 4 is 5.95 Å². The maximum absolute atomic E-state index is 12.9. The lowest BCUT2D eigenvalue weighted by molar-refractivity contribution is -0.192. The quantitative estimate of drug-likeness (QED) is 0.850. The molecule has 2 fully saturated rings. The van der Waals surface area contributed by atoms with Crippen LogP contribution in [0, 0.1) is 5.41 Å². The summed E-state index contributed by atoms with van der Waals surface area (Å²) in [5.74, 6) is 0.657. The van der Waals surface area contributed by atoms with Crippen molar-refractivity contribution in [2.24, 2.45) is 5.41 Å². The van der Waals surface area contributed by atoms with Crippen molar-refractivity contribution in [1.82, 2.24) is 14.9 Å². The number of hydrogen-bond acceptors (Lipinski definition) is 4. The van der Waals surface area contributed by atoms with Crippen LogP contribution in [0.4, 0.5) is 19.1 Å². The lowest BCUT2D eigenvalue weighted by atomic mass is 10.1. The number of piperazine rings is 1. The first-order valence-electron chi connectivity index (χ1n) is 6.81. The molecule has 1 aromatic heterocycles. The Hall–Kier alpha value is -1.37. The van der Waals surface area contributed by atoms with Crippen LogP contribution in [0.1, 0.15) is 12.8 Å². The van der Waals surface area contributed by atoms with Gasteiger partial charge in [0.25, 0.3) is 0 Å². The van der Waals surface area contributed by atoms with Crippen LogP contribution in [-0.2, 0) is 0 Å². The van der Waals surface area contributed by atoms with E-state index in [9.17, 15) is 13.2 Å². The normalized spacial score (nSPS) is 22.9. The van der Waals surface area contributed by atoms with Gasteiger partial charge in [0.2, 0.25) is 5.95 Å². The number of hydrogen-bond donors (Lipinski definition) is 0. The van der Waals surface area contributed by atoms with Gasteiger partial charge in [-0.05, 0) is 18.9 Å². The number of aromatic nitrogens is 2. The summed E-state index contributed by atoms with van der Waals surface area (Å²) in [5.41, 5.74) is -1.43. The third-order valence-corrected chi connectivity index (χ3v) is 4.19. The van der Waals surface area contributed by atoms with E-state index in [1.54, 1.807) is 18.5 Å². The van der Waals surface area contributed by atoms with Crippen LogP contribution >= 0.6 is 0 Å². The van der Waals surface area contributed by atoms with Crippen LogP contribution in [0.25, 0.3) is 0 Å². The van der Waals surface area contributed by atoms with Gasteiger partial charge in [0.1, 0.15) is 0 Å². The Morgan fingerprint density at radius 2 is 1.65 bits per heavy atom. The molecule has 1 saturated heterocycles. The van der Waals surface area contributed by atoms with Crippen molar-refractivity contribution in [1.29, 1.82) is 0 Å². The van der Waals surface area contributed by atoms with Crippen molar-refractivity contribution in [2.45, 2.75) is 19.0 Å². The molecule has 0 radical (unpaired) electrons. The zero-order chi connectivity index (χ0) is 14.2. The average molecular weight is 286 g/mol. The molecular weight excluding hydrogens is 269 g/mol. The summed E-state index contributed by atoms with van der Waals surface area (Å²) >= 11 is 0. The van der Waals surface area contributed by atoms with Gasteiger partial charge >= 0.3 is 6.18 Å². The van der Waals surface area contributed by atoms with E-state index in [4.69, 9.17) is 0 Å². The zero-order valence-corrected chi connectivity index (χ0v) is 11.1. The van der Waals surface area contributed by atoms with Crippen molar-refractivity contribution in [3.8, 4) is 0 Å². The smallest absolute Gasteiger partial charge is 0.338 e. The van der Waals surface area contributed by atoms with Gasteiger partial charge in [0.15, 0.2) is 0 Å². The monoisotopic (exact) mass is 286 g/mol. The van der Waals surface area contributed by atoms with Crippen molar-refractivity contribution < 1.29 is 13.2 Å². The molecule has 0 amide bonds. The molecule has 0 N–H and O–H groups in total. The second-order valence-electron chi connectivity index (χ2n) is 5.59. The largest absolute Gasteiger partial charge is 0.395 e. The van der Waals surface area contributed by atoms with Crippen LogP contribution in [0.3, 0.4) is 0 Å². The van der Waals surface area contributed by atoms with Gasteiger partial charge < -0.3 is 4.90 Å². The molecule has 3 rings (SSSR count). The summed E-state index contributed by atoms with van der Waals surface area (Å²) in [4.78, 5) is 12.3. The summed E-state index contributed by atoms with van der Waals surface area (Å²) in [6.07, 6.45) is -0.154. The van der Waals surface area contributed by atoms with Crippen molar-refractivity contribution in [3.63, 3.8) is 0 Å². The fourth-order valence-electron chi connectivity index (χ4n) is 2.67. The van der Waals surface area contributed by atoms with Gasteiger partial charge in [-0.3, -0.25) is 4.90 Å². The molecule has 1 aliphatic heterocycles. The average Bonchev–Trinajstić information content (AvgIpc) is 3.21. The van der Waals surface area contributed by atoms with Gasteiger partial charge in [0, 0.05) is 45.1 Å². The van der Waals surface area contributed by atoms with Crippen LogP contribution < -0.4 is 4.90 Å². The summed E-state index contributed by atoms with van der Waals surface area (Å²) in [6, 6.07) is 1.75.